The van der Waals surface area contributed by atoms with Crippen molar-refractivity contribution in [1.29, 1.82) is 0 Å². The van der Waals surface area contributed by atoms with Crippen LogP contribution in [0.1, 0.15) is 16.1 Å². The van der Waals surface area contributed by atoms with E-state index in [1.165, 1.54) is 25.3 Å². The van der Waals surface area contributed by atoms with Crippen molar-refractivity contribution in [1.82, 2.24) is 5.16 Å². The molecule has 0 bridgehead atoms. The van der Waals surface area contributed by atoms with Gasteiger partial charge in [0.15, 0.2) is 17.1 Å². The smallest absolute Gasteiger partial charge is 0.351 e. The minimum Gasteiger partial charge on any atom is -0.493 e. The molecule has 4 rings (SSSR count). The summed E-state index contributed by atoms with van der Waals surface area (Å²) in [5, 5.41) is 4.34. The van der Waals surface area contributed by atoms with Crippen LogP contribution in [0.2, 0.25) is 0 Å². The van der Waals surface area contributed by atoms with Crippen LogP contribution in [0, 0.1) is 5.82 Å². The van der Waals surface area contributed by atoms with Gasteiger partial charge in [-0.2, -0.15) is 0 Å². The maximum absolute atomic E-state index is 13.0. The predicted molar refractivity (Wildman–Crippen MR) is 100 cm³/mol. The molecule has 2 heterocycles. The Morgan fingerprint density at radius 3 is 2.69 bits per heavy atom. The highest BCUT2D eigenvalue weighted by Gasteiger charge is 2.18. The molecule has 0 aliphatic heterocycles. The summed E-state index contributed by atoms with van der Waals surface area (Å²) in [7, 11) is 1.45. The fourth-order valence-corrected chi connectivity index (χ4v) is 2.77. The summed E-state index contributed by atoms with van der Waals surface area (Å²) in [5.41, 5.74) is 0.134. The molecule has 0 amide bonds. The molecular formula is C21H14FNO6. The number of hydrogen-bond acceptors (Lipinski definition) is 7. The lowest BCUT2D eigenvalue weighted by Gasteiger charge is -2.05. The van der Waals surface area contributed by atoms with Gasteiger partial charge in [-0.1, -0.05) is 17.3 Å². The zero-order valence-corrected chi connectivity index (χ0v) is 15.2. The number of esters is 1. The number of halogens is 1. The second-order valence-corrected chi connectivity index (χ2v) is 6.09. The molecule has 0 aliphatic carbocycles. The van der Waals surface area contributed by atoms with Gasteiger partial charge >= 0.3 is 11.6 Å². The number of nitrogens with zero attached hydrogens (tertiary/aromatic N) is 1. The van der Waals surface area contributed by atoms with Crippen molar-refractivity contribution in [2.24, 2.45) is 0 Å². The van der Waals surface area contributed by atoms with Crippen molar-refractivity contribution < 1.29 is 27.6 Å². The van der Waals surface area contributed by atoms with Crippen LogP contribution in [-0.4, -0.2) is 18.2 Å². The van der Waals surface area contributed by atoms with Gasteiger partial charge in [0.1, 0.15) is 23.7 Å². The normalized spacial score (nSPS) is 10.8. The molecule has 0 spiro atoms. The molecule has 0 radical (unpaired) electrons. The number of hydrogen-bond donors (Lipinski definition) is 0. The molecule has 7 nitrogen and oxygen atoms in total. The molecule has 4 aromatic rings. The van der Waals surface area contributed by atoms with E-state index < -0.39 is 11.6 Å². The van der Waals surface area contributed by atoms with Crippen LogP contribution in [0.5, 0.6) is 5.75 Å². The zero-order chi connectivity index (χ0) is 20.4. The molecule has 0 saturated carbocycles. The van der Waals surface area contributed by atoms with Crippen molar-refractivity contribution in [3.05, 3.63) is 82.1 Å². The predicted octanol–water partition coefficient (Wildman–Crippen LogP) is 3.95. The van der Waals surface area contributed by atoms with Gasteiger partial charge in [-0.25, -0.2) is 14.0 Å². The molecule has 2 aromatic heterocycles. The number of benzene rings is 2. The lowest BCUT2D eigenvalue weighted by molar-refractivity contribution is 0.0459. The molecule has 0 fully saturated rings. The Kier molecular flexibility index (Phi) is 4.82. The topological polar surface area (TPSA) is 91.8 Å². The summed E-state index contributed by atoms with van der Waals surface area (Å²) in [6.45, 7) is -0.209. The second kappa shape index (κ2) is 7.59. The maximum atomic E-state index is 13.0. The van der Waals surface area contributed by atoms with Crippen molar-refractivity contribution in [2.75, 3.05) is 7.11 Å². The van der Waals surface area contributed by atoms with Gasteiger partial charge in [0.05, 0.1) is 7.11 Å². The summed E-state index contributed by atoms with van der Waals surface area (Å²) in [4.78, 5) is 24.5. The van der Waals surface area contributed by atoms with E-state index in [1.807, 2.05) is 0 Å². The van der Waals surface area contributed by atoms with Gasteiger partial charge in [-0.15, -0.1) is 0 Å². The van der Waals surface area contributed by atoms with E-state index in [2.05, 4.69) is 5.16 Å². The number of rotatable bonds is 5. The largest absolute Gasteiger partial charge is 0.493 e. The lowest BCUT2D eigenvalue weighted by atomic mass is 10.1. The Hall–Kier alpha value is -3.94. The molecule has 29 heavy (non-hydrogen) atoms. The number of methoxy groups -OCH3 is 1. The Bertz CT molecular complexity index is 1240. The average molecular weight is 395 g/mol. The summed E-state index contributed by atoms with van der Waals surface area (Å²) in [6, 6.07) is 13.7. The van der Waals surface area contributed by atoms with E-state index >= 15 is 0 Å². The van der Waals surface area contributed by atoms with E-state index in [-0.39, 0.29) is 23.6 Å². The monoisotopic (exact) mass is 395 g/mol. The lowest BCUT2D eigenvalue weighted by Crippen LogP contribution is -2.16. The number of fused-ring (bicyclic) bond motifs is 1. The van der Waals surface area contributed by atoms with Crippen molar-refractivity contribution >= 4 is 16.9 Å². The summed E-state index contributed by atoms with van der Waals surface area (Å²) in [6.07, 6.45) is 0. The molecule has 2 aromatic carbocycles. The minimum absolute atomic E-state index is 0.209. The standard InChI is InChI=1S/C21H14FNO6/c1-26-17-4-2-3-13-9-16(21(25)28-19(13)17)20(24)27-11-15-10-18(29-23-15)12-5-7-14(22)8-6-12/h2-10H,11H2,1H3. The molecule has 0 N–H and O–H groups in total. The van der Waals surface area contributed by atoms with E-state index in [1.54, 1.807) is 36.4 Å². The van der Waals surface area contributed by atoms with E-state index in [0.29, 0.717) is 28.2 Å². The third-order valence-electron chi connectivity index (χ3n) is 4.20. The third kappa shape index (κ3) is 3.73. The maximum Gasteiger partial charge on any atom is 0.351 e. The van der Waals surface area contributed by atoms with Crippen LogP contribution >= 0.6 is 0 Å². The van der Waals surface area contributed by atoms with Crippen LogP contribution in [0.3, 0.4) is 0 Å². The number of ether oxygens (including phenoxy) is 2. The van der Waals surface area contributed by atoms with Crippen LogP contribution in [0.4, 0.5) is 4.39 Å². The molecule has 0 saturated heterocycles. The quantitative estimate of drug-likeness (QED) is 0.373. The highest BCUT2D eigenvalue weighted by Crippen LogP contribution is 2.25. The zero-order valence-electron chi connectivity index (χ0n) is 15.2. The number of para-hydroxylation sites is 1. The highest BCUT2D eigenvalue weighted by atomic mass is 19.1. The van der Waals surface area contributed by atoms with Gasteiger partial charge in [0.2, 0.25) is 0 Å². The molecule has 0 atom stereocenters. The fraction of sp³-hybridized carbons (Fsp3) is 0.0952. The Balaban J connectivity index is 1.51. The summed E-state index contributed by atoms with van der Waals surface area (Å²) in [5.74, 6) is -0.437. The van der Waals surface area contributed by atoms with Crippen LogP contribution < -0.4 is 10.4 Å². The van der Waals surface area contributed by atoms with E-state index in [0.717, 1.165) is 0 Å². The van der Waals surface area contributed by atoms with E-state index in [9.17, 15) is 14.0 Å². The van der Waals surface area contributed by atoms with Crippen molar-refractivity contribution in [3.63, 3.8) is 0 Å². The highest BCUT2D eigenvalue weighted by molar-refractivity contribution is 5.94. The molecular weight excluding hydrogens is 381 g/mol. The van der Waals surface area contributed by atoms with Crippen LogP contribution in [0.15, 0.2) is 68.3 Å². The molecule has 8 heteroatoms. The Labute approximate surface area is 163 Å². The number of carbonyl (C=O) groups excluding carboxylic acids is 1. The van der Waals surface area contributed by atoms with Crippen molar-refractivity contribution in [3.8, 4) is 17.1 Å². The van der Waals surface area contributed by atoms with Gasteiger partial charge < -0.3 is 18.4 Å². The second-order valence-electron chi connectivity index (χ2n) is 6.09. The molecule has 0 aliphatic rings. The van der Waals surface area contributed by atoms with Gasteiger partial charge in [-0.3, -0.25) is 0 Å². The minimum atomic E-state index is -0.852. The SMILES string of the molecule is COc1cccc2cc(C(=O)OCc3cc(-c4ccc(F)cc4)on3)c(=O)oc12. The first-order chi connectivity index (χ1) is 14.0. The first kappa shape index (κ1) is 18.4. The molecule has 146 valence electrons. The summed E-state index contributed by atoms with van der Waals surface area (Å²) < 4.78 is 33.7. The summed E-state index contributed by atoms with van der Waals surface area (Å²) >= 11 is 0. The molecule has 0 unspecified atom stereocenters. The number of aromatic nitrogens is 1. The van der Waals surface area contributed by atoms with Crippen LogP contribution in [0.25, 0.3) is 22.3 Å². The van der Waals surface area contributed by atoms with E-state index in [4.69, 9.17) is 18.4 Å². The van der Waals surface area contributed by atoms with Gasteiger partial charge in [0.25, 0.3) is 0 Å². The Morgan fingerprint density at radius 2 is 1.93 bits per heavy atom. The number of carbonyl (C=O) groups is 1. The van der Waals surface area contributed by atoms with Gasteiger partial charge in [0, 0.05) is 17.0 Å². The third-order valence-corrected chi connectivity index (χ3v) is 4.20. The fourth-order valence-electron chi connectivity index (χ4n) is 2.77. The average Bonchev–Trinajstić information content (AvgIpc) is 3.20. The first-order valence-electron chi connectivity index (χ1n) is 8.54. The first-order valence-corrected chi connectivity index (χ1v) is 8.54. The van der Waals surface area contributed by atoms with Crippen molar-refractivity contribution in [2.45, 2.75) is 6.61 Å². The van der Waals surface area contributed by atoms with Gasteiger partial charge in [-0.05, 0) is 36.4 Å². The van der Waals surface area contributed by atoms with Crippen LogP contribution in [-0.2, 0) is 11.3 Å². The Morgan fingerprint density at radius 1 is 1.14 bits per heavy atom.